The fourth-order valence-electron chi connectivity index (χ4n) is 2.44. The number of halogens is 1. The molecule has 0 amide bonds. The van der Waals surface area contributed by atoms with Crippen molar-refractivity contribution in [2.75, 3.05) is 11.8 Å². The lowest BCUT2D eigenvalue weighted by Gasteiger charge is -2.10. The SMILES string of the molecule is CCn1c(=O)oc2cc(S(=O)(=O)Nc3ccc(OC)cc3)c(Cl)cc21. The molecule has 0 bridgehead atoms. The third-order valence-electron chi connectivity index (χ3n) is 3.67. The molecular weight excluding hydrogens is 368 g/mol. The van der Waals surface area contributed by atoms with Crippen LogP contribution in [0.15, 0.2) is 50.5 Å². The van der Waals surface area contributed by atoms with E-state index in [0.29, 0.717) is 23.5 Å². The van der Waals surface area contributed by atoms with Gasteiger partial charge >= 0.3 is 5.76 Å². The highest BCUT2D eigenvalue weighted by Gasteiger charge is 2.21. The number of aryl methyl sites for hydroxylation is 1. The molecule has 0 aliphatic carbocycles. The van der Waals surface area contributed by atoms with Gasteiger partial charge in [-0.25, -0.2) is 13.2 Å². The van der Waals surface area contributed by atoms with Crippen LogP contribution in [-0.2, 0) is 16.6 Å². The van der Waals surface area contributed by atoms with Crippen LogP contribution in [0.4, 0.5) is 5.69 Å². The van der Waals surface area contributed by atoms with E-state index >= 15 is 0 Å². The van der Waals surface area contributed by atoms with Crippen molar-refractivity contribution in [1.29, 1.82) is 0 Å². The van der Waals surface area contributed by atoms with Crippen molar-refractivity contribution in [3.63, 3.8) is 0 Å². The van der Waals surface area contributed by atoms with Gasteiger partial charge in [0.2, 0.25) is 0 Å². The van der Waals surface area contributed by atoms with Crippen molar-refractivity contribution >= 4 is 38.4 Å². The van der Waals surface area contributed by atoms with E-state index in [1.54, 1.807) is 31.2 Å². The smallest absolute Gasteiger partial charge is 0.419 e. The number of rotatable bonds is 5. The molecule has 1 aromatic heterocycles. The van der Waals surface area contributed by atoms with E-state index in [2.05, 4.69) is 4.72 Å². The van der Waals surface area contributed by atoms with Crippen LogP contribution in [0.3, 0.4) is 0 Å². The van der Waals surface area contributed by atoms with Gasteiger partial charge in [0, 0.05) is 18.3 Å². The topological polar surface area (TPSA) is 90.5 Å². The summed E-state index contributed by atoms with van der Waals surface area (Å²) in [4.78, 5) is 11.6. The fourth-order valence-corrected chi connectivity index (χ4v) is 4.04. The van der Waals surface area contributed by atoms with Crippen molar-refractivity contribution in [2.24, 2.45) is 0 Å². The fraction of sp³-hybridized carbons (Fsp3) is 0.188. The summed E-state index contributed by atoms with van der Waals surface area (Å²) >= 11 is 6.14. The molecule has 0 saturated heterocycles. The first-order valence-electron chi connectivity index (χ1n) is 7.35. The first-order chi connectivity index (χ1) is 11.9. The van der Waals surface area contributed by atoms with Crippen molar-refractivity contribution in [3.05, 3.63) is 52.0 Å². The summed E-state index contributed by atoms with van der Waals surface area (Å²) in [5.41, 5.74) is 0.955. The van der Waals surface area contributed by atoms with Crippen molar-refractivity contribution in [3.8, 4) is 5.75 Å². The maximum Gasteiger partial charge on any atom is 0.419 e. The third kappa shape index (κ3) is 3.22. The van der Waals surface area contributed by atoms with E-state index in [9.17, 15) is 13.2 Å². The predicted octanol–water partition coefficient (Wildman–Crippen LogP) is 3.08. The number of nitrogens with zero attached hydrogens (tertiary/aromatic N) is 1. The summed E-state index contributed by atoms with van der Waals surface area (Å²) < 4.78 is 39.2. The number of benzene rings is 2. The number of hydrogen-bond donors (Lipinski definition) is 1. The van der Waals surface area contributed by atoms with E-state index in [1.165, 1.54) is 23.8 Å². The Morgan fingerprint density at radius 1 is 1.24 bits per heavy atom. The maximum absolute atomic E-state index is 12.6. The number of anilines is 1. The second-order valence-electron chi connectivity index (χ2n) is 5.20. The van der Waals surface area contributed by atoms with Gasteiger partial charge in [0.1, 0.15) is 10.6 Å². The van der Waals surface area contributed by atoms with Gasteiger partial charge in [0.25, 0.3) is 10.0 Å². The normalized spacial score (nSPS) is 11.6. The predicted molar refractivity (Wildman–Crippen MR) is 95.0 cm³/mol. The molecule has 0 atom stereocenters. The van der Waals surface area contributed by atoms with Crippen LogP contribution in [0, 0.1) is 0 Å². The largest absolute Gasteiger partial charge is 0.497 e. The molecule has 3 rings (SSSR count). The average molecular weight is 383 g/mol. The summed E-state index contributed by atoms with van der Waals surface area (Å²) in [5, 5.41) is -0.00323. The number of hydrogen-bond acceptors (Lipinski definition) is 5. The lowest BCUT2D eigenvalue weighted by molar-refractivity contribution is 0.415. The number of fused-ring (bicyclic) bond motifs is 1. The van der Waals surface area contributed by atoms with Crippen molar-refractivity contribution in [1.82, 2.24) is 4.57 Å². The summed E-state index contributed by atoms with van der Waals surface area (Å²) in [6, 6.07) is 9.05. The number of oxazole rings is 1. The van der Waals surface area contributed by atoms with Gasteiger partial charge in [-0.1, -0.05) is 11.6 Å². The molecular formula is C16H15ClN2O5S. The Labute approximate surface area is 148 Å². The van der Waals surface area contributed by atoms with Crippen LogP contribution in [0.25, 0.3) is 11.1 Å². The highest BCUT2D eigenvalue weighted by Crippen LogP contribution is 2.29. The number of ether oxygens (including phenoxy) is 1. The van der Waals surface area contributed by atoms with E-state index in [-0.39, 0.29) is 15.5 Å². The quantitative estimate of drug-likeness (QED) is 0.732. The highest BCUT2D eigenvalue weighted by molar-refractivity contribution is 7.92. The summed E-state index contributed by atoms with van der Waals surface area (Å²) in [5.74, 6) is 0.0382. The second-order valence-corrected chi connectivity index (χ2v) is 7.25. The van der Waals surface area contributed by atoms with Crippen LogP contribution in [0.1, 0.15) is 6.92 Å². The van der Waals surface area contributed by atoms with Crippen LogP contribution in [0.2, 0.25) is 5.02 Å². The second kappa shape index (κ2) is 6.45. The molecule has 132 valence electrons. The minimum Gasteiger partial charge on any atom is -0.497 e. The van der Waals surface area contributed by atoms with Gasteiger partial charge in [-0.3, -0.25) is 9.29 Å². The molecule has 0 radical (unpaired) electrons. The molecule has 1 heterocycles. The Morgan fingerprint density at radius 3 is 2.52 bits per heavy atom. The maximum atomic E-state index is 12.6. The zero-order chi connectivity index (χ0) is 18.2. The molecule has 0 fully saturated rings. The van der Waals surface area contributed by atoms with E-state index < -0.39 is 15.8 Å². The molecule has 0 saturated carbocycles. The molecule has 3 aromatic rings. The van der Waals surface area contributed by atoms with Gasteiger partial charge in [-0.05, 0) is 37.3 Å². The monoisotopic (exact) mass is 382 g/mol. The van der Waals surface area contributed by atoms with Gasteiger partial charge in [-0.15, -0.1) is 0 Å². The third-order valence-corrected chi connectivity index (χ3v) is 5.52. The zero-order valence-electron chi connectivity index (χ0n) is 13.4. The Kier molecular flexibility index (Phi) is 4.49. The van der Waals surface area contributed by atoms with Crippen LogP contribution in [-0.4, -0.2) is 20.1 Å². The lowest BCUT2D eigenvalue weighted by Crippen LogP contribution is -2.14. The minimum absolute atomic E-state index is 0.00323. The average Bonchev–Trinajstić information content (AvgIpc) is 2.88. The lowest BCUT2D eigenvalue weighted by atomic mass is 10.3. The molecule has 1 N–H and O–H groups in total. The Morgan fingerprint density at radius 2 is 1.92 bits per heavy atom. The van der Waals surface area contributed by atoms with E-state index in [0.717, 1.165) is 0 Å². The molecule has 0 spiro atoms. The zero-order valence-corrected chi connectivity index (χ0v) is 15.0. The molecule has 9 heteroatoms. The summed E-state index contributed by atoms with van der Waals surface area (Å²) in [7, 11) is -2.44. The molecule has 0 aliphatic heterocycles. The van der Waals surface area contributed by atoms with Gasteiger partial charge in [-0.2, -0.15) is 0 Å². The number of nitrogens with one attached hydrogen (secondary N) is 1. The molecule has 7 nitrogen and oxygen atoms in total. The van der Waals surface area contributed by atoms with Crippen molar-refractivity contribution < 1.29 is 17.6 Å². The first-order valence-corrected chi connectivity index (χ1v) is 9.21. The van der Waals surface area contributed by atoms with Gasteiger partial charge in [0.05, 0.1) is 17.6 Å². The van der Waals surface area contributed by atoms with Crippen LogP contribution in [0.5, 0.6) is 5.75 Å². The Hall–Kier alpha value is -2.45. The van der Waals surface area contributed by atoms with Gasteiger partial charge in [0.15, 0.2) is 5.58 Å². The van der Waals surface area contributed by atoms with E-state index in [1.807, 2.05) is 0 Å². The minimum atomic E-state index is -3.96. The van der Waals surface area contributed by atoms with Crippen LogP contribution >= 0.6 is 11.6 Å². The first kappa shape index (κ1) is 17.4. The molecule has 2 aromatic carbocycles. The summed E-state index contributed by atoms with van der Waals surface area (Å²) in [6.07, 6.45) is 0. The summed E-state index contributed by atoms with van der Waals surface area (Å²) in [6.45, 7) is 2.17. The Bertz CT molecular complexity index is 1080. The van der Waals surface area contributed by atoms with Crippen LogP contribution < -0.4 is 15.2 Å². The number of sulfonamides is 1. The Balaban J connectivity index is 2.04. The van der Waals surface area contributed by atoms with Crippen molar-refractivity contribution in [2.45, 2.75) is 18.4 Å². The number of aromatic nitrogens is 1. The number of methoxy groups -OCH3 is 1. The molecule has 0 aliphatic rings. The molecule has 25 heavy (non-hydrogen) atoms. The standard InChI is InChI=1S/C16H15ClN2O5S/c1-3-19-13-8-12(17)15(9-14(13)24-16(19)20)25(21,22)18-10-4-6-11(23-2)7-5-10/h4-9,18H,3H2,1-2H3. The van der Waals surface area contributed by atoms with Gasteiger partial charge < -0.3 is 9.15 Å². The van der Waals surface area contributed by atoms with E-state index in [4.69, 9.17) is 20.8 Å². The molecule has 0 unspecified atom stereocenters. The highest BCUT2D eigenvalue weighted by atomic mass is 35.5.